The molecule has 1 aromatic carbocycles. The summed E-state index contributed by atoms with van der Waals surface area (Å²) in [6.45, 7) is 4.69. The molecule has 0 spiro atoms. The molecular weight excluding hydrogens is 310 g/mol. The van der Waals surface area contributed by atoms with Crippen LogP contribution >= 0.6 is 22.9 Å². The number of nitrogens with zero attached hydrogens (tertiary/aromatic N) is 2. The number of hydrogen-bond acceptors (Lipinski definition) is 6. The van der Waals surface area contributed by atoms with Gasteiger partial charge in [-0.05, 0) is 12.0 Å². The van der Waals surface area contributed by atoms with Crippen LogP contribution in [0.3, 0.4) is 0 Å². The standard InChI is InChI=1S/C14H18ClN3O2S/c1-8(2)4-12-17-18-14(21-12)16-7-9-5-10(15)6-11(20-3)13(9)19/h5-6,8,19H,4,7H2,1-3H3,(H,16,18). The lowest BCUT2D eigenvalue weighted by Crippen LogP contribution is -2.00. The minimum absolute atomic E-state index is 0.0846. The van der Waals surface area contributed by atoms with Gasteiger partial charge in [-0.3, -0.25) is 0 Å². The third-order valence-corrected chi connectivity index (χ3v) is 3.94. The molecule has 0 bridgehead atoms. The number of phenolic OH excluding ortho intramolecular Hbond substituents is 1. The van der Waals surface area contributed by atoms with Crippen molar-refractivity contribution in [3.05, 3.63) is 27.7 Å². The van der Waals surface area contributed by atoms with Gasteiger partial charge >= 0.3 is 0 Å². The zero-order valence-electron chi connectivity index (χ0n) is 12.2. The highest BCUT2D eigenvalue weighted by atomic mass is 35.5. The fourth-order valence-electron chi connectivity index (χ4n) is 1.85. The molecule has 5 nitrogen and oxygen atoms in total. The van der Waals surface area contributed by atoms with Crippen LogP contribution in [-0.4, -0.2) is 22.4 Å². The van der Waals surface area contributed by atoms with Crippen LogP contribution in [0.4, 0.5) is 5.13 Å². The normalized spacial score (nSPS) is 10.9. The van der Waals surface area contributed by atoms with E-state index in [0.29, 0.717) is 28.8 Å². The second-order valence-corrected chi connectivity index (χ2v) is 6.57. The maximum atomic E-state index is 10.1. The van der Waals surface area contributed by atoms with E-state index < -0.39 is 0 Å². The van der Waals surface area contributed by atoms with Gasteiger partial charge in [0, 0.05) is 29.6 Å². The molecule has 0 radical (unpaired) electrons. The molecule has 0 amide bonds. The molecule has 7 heteroatoms. The lowest BCUT2D eigenvalue weighted by Gasteiger charge is -2.10. The molecule has 21 heavy (non-hydrogen) atoms. The molecule has 0 aliphatic carbocycles. The maximum absolute atomic E-state index is 10.1. The first kappa shape index (κ1) is 15.9. The maximum Gasteiger partial charge on any atom is 0.205 e. The van der Waals surface area contributed by atoms with Crippen molar-refractivity contribution in [3.63, 3.8) is 0 Å². The number of ether oxygens (including phenoxy) is 1. The summed E-state index contributed by atoms with van der Waals surface area (Å²) >= 11 is 7.52. The third-order valence-electron chi connectivity index (χ3n) is 2.82. The van der Waals surface area contributed by atoms with Crippen LogP contribution in [0, 0.1) is 5.92 Å². The topological polar surface area (TPSA) is 67.3 Å². The predicted molar refractivity (Wildman–Crippen MR) is 85.4 cm³/mol. The van der Waals surface area contributed by atoms with Crippen molar-refractivity contribution >= 4 is 28.1 Å². The Labute approximate surface area is 132 Å². The van der Waals surface area contributed by atoms with E-state index in [1.807, 2.05) is 0 Å². The van der Waals surface area contributed by atoms with Gasteiger partial charge in [0.1, 0.15) is 5.01 Å². The van der Waals surface area contributed by atoms with Crippen LogP contribution < -0.4 is 10.1 Å². The van der Waals surface area contributed by atoms with Gasteiger partial charge in [0.15, 0.2) is 11.5 Å². The van der Waals surface area contributed by atoms with E-state index in [1.54, 1.807) is 12.1 Å². The molecule has 0 unspecified atom stereocenters. The highest BCUT2D eigenvalue weighted by Crippen LogP contribution is 2.34. The molecule has 114 valence electrons. The van der Waals surface area contributed by atoms with Gasteiger partial charge in [-0.2, -0.15) is 0 Å². The van der Waals surface area contributed by atoms with Crippen molar-refractivity contribution < 1.29 is 9.84 Å². The van der Waals surface area contributed by atoms with Crippen LogP contribution in [0.25, 0.3) is 0 Å². The number of phenols is 1. The van der Waals surface area contributed by atoms with Gasteiger partial charge in [-0.1, -0.05) is 36.8 Å². The lowest BCUT2D eigenvalue weighted by atomic mass is 10.1. The SMILES string of the molecule is COc1cc(Cl)cc(CNc2nnc(CC(C)C)s2)c1O. The van der Waals surface area contributed by atoms with Gasteiger partial charge in [-0.25, -0.2) is 0 Å². The van der Waals surface area contributed by atoms with Crippen molar-refractivity contribution in [1.29, 1.82) is 0 Å². The highest BCUT2D eigenvalue weighted by Gasteiger charge is 2.11. The van der Waals surface area contributed by atoms with Gasteiger partial charge < -0.3 is 15.2 Å². The van der Waals surface area contributed by atoms with Crippen molar-refractivity contribution in [3.8, 4) is 11.5 Å². The summed E-state index contributed by atoms with van der Waals surface area (Å²) in [5, 5.41) is 23.7. The van der Waals surface area contributed by atoms with E-state index in [1.165, 1.54) is 18.4 Å². The average Bonchev–Trinajstić information content (AvgIpc) is 2.86. The number of rotatable bonds is 6. The van der Waals surface area contributed by atoms with Crippen molar-refractivity contribution in [1.82, 2.24) is 10.2 Å². The summed E-state index contributed by atoms with van der Waals surface area (Å²) in [5.74, 6) is 0.991. The Kier molecular flexibility index (Phi) is 5.25. The van der Waals surface area contributed by atoms with Crippen molar-refractivity contribution in [2.75, 3.05) is 12.4 Å². The number of aromatic hydroxyl groups is 1. The van der Waals surface area contributed by atoms with Crippen LogP contribution in [-0.2, 0) is 13.0 Å². The monoisotopic (exact) mass is 327 g/mol. The molecule has 2 N–H and O–H groups in total. The average molecular weight is 328 g/mol. The molecule has 2 aromatic rings. The molecule has 0 fully saturated rings. The minimum Gasteiger partial charge on any atom is -0.504 e. The number of halogens is 1. The van der Waals surface area contributed by atoms with Gasteiger partial charge in [-0.15, -0.1) is 10.2 Å². The second-order valence-electron chi connectivity index (χ2n) is 5.07. The van der Waals surface area contributed by atoms with Crippen molar-refractivity contribution in [2.24, 2.45) is 5.92 Å². The van der Waals surface area contributed by atoms with E-state index in [2.05, 4.69) is 29.4 Å². The second kappa shape index (κ2) is 6.95. The summed E-state index contributed by atoms with van der Waals surface area (Å²) < 4.78 is 5.08. The summed E-state index contributed by atoms with van der Waals surface area (Å²) in [7, 11) is 1.49. The zero-order chi connectivity index (χ0) is 15.4. The summed E-state index contributed by atoms with van der Waals surface area (Å²) in [5.41, 5.74) is 0.653. The van der Waals surface area contributed by atoms with E-state index in [0.717, 1.165) is 16.6 Å². The number of benzene rings is 1. The molecule has 1 aromatic heterocycles. The van der Waals surface area contributed by atoms with E-state index in [9.17, 15) is 5.11 Å². The van der Waals surface area contributed by atoms with Crippen LogP contribution in [0.5, 0.6) is 11.5 Å². The Balaban J connectivity index is 2.06. The Hall–Kier alpha value is -1.53. The zero-order valence-corrected chi connectivity index (χ0v) is 13.8. The van der Waals surface area contributed by atoms with E-state index >= 15 is 0 Å². The van der Waals surface area contributed by atoms with Gasteiger partial charge in [0.25, 0.3) is 0 Å². The lowest BCUT2D eigenvalue weighted by molar-refractivity contribution is 0.371. The number of nitrogens with one attached hydrogen (secondary N) is 1. The van der Waals surface area contributed by atoms with Crippen LogP contribution in [0.2, 0.25) is 5.02 Å². The minimum atomic E-state index is 0.0846. The van der Waals surface area contributed by atoms with E-state index in [-0.39, 0.29) is 5.75 Å². The smallest absolute Gasteiger partial charge is 0.205 e. The Bertz CT molecular complexity index is 616. The number of methoxy groups -OCH3 is 1. The Morgan fingerprint density at radius 2 is 2.14 bits per heavy atom. The summed E-state index contributed by atoms with van der Waals surface area (Å²) in [4.78, 5) is 0. The molecule has 0 aliphatic heterocycles. The molecule has 0 atom stereocenters. The third kappa shape index (κ3) is 4.22. The molecule has 1 heterocycles. The molecule has 2 rings (SSSR count). The number of hydrogen-bond donors (Lipinski definition) is 2. The number of aromatic nitrogens is 2. The first-order chi connectivity index (χ1) is 9.99. The molecule has 0 saturated carbocycles. The van der Waals surface area contributed by atoms with Gasteiger partial charge in [0.05, 0.1) is 7.11 Å². The predicted octanol–water partition coefficient (Wildman–Crippen LogP) is 3.72. The van der Waals surface area contributed by atoms with Crippen LogP contribution in [0.1, 0.15) is 24.4 Å². The summed E-state index contributed by atoms with van der Waals surface area (Å²) in [6, 6.07) is 3.27. The quantitative estimate of drug-likeness (QED) is 0.846. The molecule has 0 aliphatic rings. The first-order valence-corrected chi connectivity index (χ1v) is 7.80. The first-order valence-electron chi connectivity index (χ1n) is 6.61. The fourth-order valence-corrected chi connectivity index (χ4v) is 3.02. The fraction of sp³-hybridized carbons (Fsp3) is 0.429. The molecule has 0 saturated heterocycles. The Morgan fingerprint density at radius 1 is 1.38 bits per heavy atom. The van der Waals surface area contributed by atoms with E-state index in [4.69, 9.17) is 16.3 Å². The largest absolute Gasteiger partial charge is 0.504 e. The highest BCUT2D eigenvalue weighted by molar-refractivity contribution is 7.15. The summed E-state index contributed by atoms with van der Waals surface area (Å²) in [6.07, 6.45) is 0.912. The van der Waals surface area contributed by atoms with Crippen molar-refractivity contribution in [2.45, 2.75) is 26.8 Å². The van der Waals surface area contributed by atoms with Crippen LogP contribution in [0.15, 0.2) is 12.1 Å². The number of anilines is 1. The van der Waals surface area contributed by atoms with Gasteiger partial charge in [0.2, 0.25) is 5.13 Å². The Morgan fingerprint density at radius 3 is 2.81 bits per heavy atom. The molecular formula is C14H18ClN3O2S.